The number of nitrogens with one attached hydrogen (secondary N) is 1. The lowest BCUT2D eigenvalue weighted by Gasteiger charge is -2.62. The Labute approximate surface area is 182 Å². The molecule has 1 aliphatic carbocycles. The lowest BCUT2D eigenvalue weighted by Crippen LogP contribution is -2.67. The van der Waals surface area contributed by atoms with E-state index in [0.29, 0.717) is 0 Å². The molecule has 31 heavy (non-hydrogen) atoms. The SMILES string of the molecule is CC1(O)CC2(CN(c3ccc(CC4CNCCO4)cc3-c3ccc(C#N)c(F)c3)C2)C1. The molecule has 2 heterocycles. The molecular weight excluding hydrogens is 393 g/mol. The number of rotatable bonds is 4. The molecule has 2 N–H and O–H groups in total. The van der Waals surface area contributed by atoms with Crippen LogP contribution in [-0.2, 0) is 11.2 Å². The van der Waals surface area contributed by atoms with E-state index >= 15 is 0 Å². The van der Waals surface area contributed by atoms with Gasteiger partial charge in [0.15, 0.2) is 0 Å². The fourth-order valence-corrected chi connectivity index (χ4v) is 5.73. The first-order valence-corrected chi connectivity index (χ1v) is 11.0. The second kappa shape index (κ2) is 7.59. The van der Waals surface area contributed by atoms with Gasteiger partial charge in [-0.15, -0.1) is 0 Å². The van der Waals surface area contributed by atoms with E-state index in [9.17, 15) is 9.50 Å². The number of hydrogen-bond donors (Lipinski definition) is 2. The first-order chi connectivity index (χ1) is 14.9. The number of morpholine rings is 1. The van der Waals surface area contributed by atoms with Crippen molar-refractivity contribution >= 4 is 5.69 Å². The summed E-state index contributed by atoms with van der Waals surface area (Å²) in [5.74, 6) is -0.494. The average molecular weight is 422 g/mol. The van der Waals surface area contributed by atoms with Crippen LogP contribution in [0.15, 0.2) is 36.4 Å². The molecule has 0 amide bonds. The van der Waals surface area contributed by atoms with Gasteiger partial charge in [-0.05, 0) is 61.6 Å². The second-order valence-electron chi connectivity index (χ2n) is 9.77. The minimum absolute atomic E-state index is 0.0581. The molecule has 1 saturated carbocycles. The van der Waals surface area contributed by atoms with Gasteiger partial charge < -0.3 is 20.1 Å². The average Bonchev–Trinajstić information content (AvgIpc) is 2.71. The van der Waals surface area contributed by atoms with Crippen LogP contribution in [0, 0.1) is 22.6 Å². The van der Waals surface area contributed by atoms with Gasteiger partial charge in [-0.3, -0.25) is 0 Å². The highest BCUT2D eigenvalue weighted by molar-refractivity contribution is 5.80. The summed E-state index contributed by atoms with van der Waals surface area (Å²) >= 11 is 0. The van der Waals surface area contributed by atoms with Crippen molar-refractivity contribution in [2.75, 3.05) is 37.7 Å². The maximum absolute atomic E-state index is 14.4. The highest BCUT2D eigenvalue weighted by Gasteiger charge is 2.57. The standard InChI is InChI=1S/C25H28FN3O2/c1-24(30)13-25(14-24)15-29(16-25)23-5-2-17(8-20-12-28-6-7-31-20)9-21(23)18-3-4-19(11-27)22(26)10-18/h2-5,9-10,20,28,30H,6-8,12-16H2,1H3. The Morgan fingerprint density at radius 2 is 2.06 bits per heavy atom. The van der Waals surface area contributed by atoms with Gasteiger partial charge in [0.05, 0.1) is 23.9 Å². The van der Waals surface area contributed by atoms with Crippen LogP contribution in [0.5, 0.6) is 0 Å². The molecule has 0 radical (unpaired) electrons. The first kappa shape index (κ1) is 20.4. The Morgan fingerprint density at radius 3 is 2.71 bits per heavy atom. The van der Waals surface area contributed by atoms with Crippen molar-refractivity contribution in [1.29, 1.82) is 5.26 Å². The molecule has 2 saturated heterocycles. The maximum Gasteiger partial charge on any atom is 0.141 e. The summed E-state index contributed by atoms with van der Waals surface area (Å²) in [5, 5.41) is 22.6. The van der Waals surface area contributed by atoms with Gasteiger partial charge in [-0.2, -0.15) is 5.26 Å². The zero-order valence-corrected chi connectivity index (χ0v) is 17.8. The largest absolute Gasteiger partial charge is 0.390 e. The minimum Gasteiger partial charge on any atom is -0.390 e. The van der Waals surface area contributed by atoms with Crippen LogP contribution >= 0.6 is 0 Å². The van der Waals surface area contributed by atoms with E-state index in [1.165, 1.54) is 6.07 Å². The van der Waals surface area contributed by atoms with Gasteiger partial charge in [0.25, 0.3) is 0 Å². The van der Waals surface area contributed by atoms with E-state index < -0.39 is 11.4 Å². The summed E-state index contributed by atoms with van der Waals surface area (Å²) in [7, 11) is 0. The quantitative estimate of drug-likeness (QED) is 0.793. The highest BCUT2D eigenvalue weighted by Crippen LogP contribution is 2.55. The van der Waals surface area contributed by atoms with Gasteiger partial charge in [0, 0.05) is 42.8 Å². The third-order valence-corrected chi connectivity index (χ3v) is 6.83. The van der Waals surface area contributed by atoms with Crippen molar-refractivity contribution in [3.8, 4) is 17.2 Å². The second-order valence-corrected chi connectivity index (χ2v) is 9.77. The summed E-state index contributed by atoms with van der Waals surface area (Å²) < 4.78 is 20.3. The molecule has 2 aromatic carbocycles. The lowest BCUT2D eigenvalue weighted by molar-refractivity contribution is -0.126. The van der Waals surface area contributed by atoms with Crippen LogP contribution in [0.3, 0.4) is 0 Å². The van der Waals surface area contributed by atoms with Crippen LogP contribution in [0.2, 0.25) is 0 Å². The Morgan fingerprint density at radius 1 is 1.26 bits per heavy atom. The maximum atomic E-state index is 14.4. The third kappa shape index (κ3) is 3.94. The van der Waals surface area contributed by atoms with E-state index in [-0.39, 0.29) is 17.1 Å². The molecule has 2 aliphatic heterocycles. The molecule has 1 unspecified atom stereocenters. The van der Waals surface area contributed by atoms with Crippen LogP contribution < -0.4 is 10.2 Å². The lowest BCUT2D eigenvalue weighted by atomic mass is 9.56. The number of nitrogens with zero attached hydrogens (tertiary/aromatic N) is 2. The van der Waals surface area contributed by atoms with Gasteiger partial charge in [0.2, 0.25) is 0 Å². The van der Waals surface area contributed by atoms with E-state index in [1.54, 1.807) is 6.07 Å². The van der Waals surface area contributed by atoms with Crippen LogP contribution in [-0.4, -0.2) is 49.6 Å². The Balaban J connectivity index is 1.44. The number of nitriles is 1. The van der Waals surface area contributed by atoms with E-state index in [0.717, 1.165) is 74.4 Å². The van der Waals surface area contributed by atoms with E-state index in [4.69, 9.17) is 10.00 Å². The molecule has 3 aliphatic rings. The smallest absolute Gasteiger partial charge is 0.141 e. The predicted octanol–water partition coefficient (Wildman–Crippen LogP) is 3.25. The van der Waals surface area contributed by atoms with Crippen LogP contribution in [0.4, 0.5) is 10.1 Å². The van der Waals surface area contributed by atoms with Gasteiger partial charge in [-0.25, -0.2) is 4.39 Å². The summed E-state index contributed by atoms with van der Waals surface area (Å²) in [5.41, 5.74) is 3.71. The molecule has 1 spiro atoms. The van der Waals surface area contributed by atoms with Crippen molar-refractivity contribution in [2.24, 2.45) is 5.41 Å². The zero-order valence-electron chi connectivity index (χ0n) is 17.8. The van der Waals surface area contributed by atoms with Crippen LogP contribution in [0.25, 0.3) is 11.1 Å². The summed E-state index contributed by atoms with van der Waals surface area (Å²) in [6.45, 7) is 6.15. The summed E-state index contributed by atoms with van der Waals surface area (Å²) in [4.78, 5) is 2.32. The number of aliphatic hydroxyl groups is 1. The van der Waals surface area contributed by atoms with Crippen molar-refractivity contribution in [3.05, 3.63) is 53.3 Å². The zero-order chi connectivity index (χ0) is 21.6. The first-order valence-electron chi connectivity index (χ1n) is 11.0. The third-order valence-electron chi connectivity index (χ3n) is 6.83. The van der Waals surface area contributed by atoms with Crippen molar-refractivity contribution in [3.63, 3.8) is 0 Å². The summed E-state index contributed by atoms with van der Waals surface area (Å²) in [6.07, 6.45) is 2.60. The monoisotopic (exact) mass is 421 g/mol. The molecule has 162 valence electrons. The molecule has 0 aromatic heterocycles. The molecule has 6 heteroatoms. The molecule has 1 atom stereocenters. The van der Waals surface area contributed by atoms with Gasteiger partial charge in [0.1, 0.15) is 11.9 Å². The normalized spacial score (nSPS) is 23.7. The Bertz CT molecular complexity index is 1020. The van der Waals surface area contributed by atoms with Crippen LogP contribution in [0.1, 0.15) is 30.9 Å². The number of benzene rings is 2. The molecule has 2 aromatic rings. The van der Waals surface area contributed by atoms with Gasteiger partial charge >= 0.3 is 0 Å². The number of anilines is 1. The fourth-order valence-electron chi connectivity index (χ4n) is 5.73. The topological polar surface area (TPSA) is 68.5 Å². The Hall–Kier alpha value is -2.46. The minimum atomic E-state index is -0.539. The van der Waals surface area contributed by atoms with Crippen molar-refractivity contribution < 1.29 is 14.2 Å². The number of ether oxygens (including phenoxy) is 1. The number of halogens is 1. The molecular formula is C25H28FN3O2. The molecule has 3 fully saturated rings. The molecule has 5 nitrogen and oxygen atoms in total. The van der Waals surface area contributed by atoms with Crippen molar-refractivity contribution in [1.82, 2.24) is 5.32 Å². The number of hydrogen-bond acceptors (Lipinski definition) is 5. The van der Waals surface area contributed by atoms with Crippen molar-refractivity contribution in [2.45, 2.75) is 37.9 Å². The van der Waals surface area contributed by atoms with E-state index in [2.05, 4.69) is 28.4 Å². The van der Waals surface area contributed by atoms with E-state index in [1.807, 2.05) is 19.1 Å². The molecule has 5 rings (SSSR count). The Kier molecular flexibility index (Phi) is 5.01. The molecule has 0 bridgehead atoms. The highest BCUT2D eigenvalue weighted by atomic mass is 19.1. The fraction of sp³-hybridized carbons (Fsp3) is 0.480. The predicted molar refractivity (Wildman–Crippen MR) is 117 cm³/mol. The van der Waals surface area contributed by atoms with Gasteiger partial charge in [-0.1, -0.05) is 12.1 Å². The summed E-state index contributed by atoms with van der Waals surface area (Å²) in [6, 6.07) is 13.1.